The van der Waals surface area contributed by atoms with Crippen LogP contribution in [0.15, 0.2) is 53.2 Å². The zero-order chi connectivity index (χ0) is 14.7. The molecule has 3 rings (SSSR count). The van der Waals surface area contributed by atoms with Crippen molar-refractivity contribution in [1.82, 2.24) is 10.1 Å². The first kappa shape index (κ1) is 13.4. The van der Waals surface area contributed by atoms with Crippen LogP contribution in [0.5, 0.6) is 0 Å². The summed E-state index contributed by atoms with van der Waals surface area (Å²) in [5.74, 6) is 0.326. The average Bonchev–Trinajstić information content (AvgIpc) is 2.88. The second-order valence-corrected chi connectivity index (χ2v) is 5.07. The Morgan fingerprint density at radius 3 is 2.57 bits per heavy atom. The molecule has 3 aromatic rings. The third kappa shape index (κ3) is 2.94. The van der Waals surface area contributed by atoms with Gasteiger partial charge in [-0.05, 0) is 37.5 Å². The van der Waals surface area contributed by atoms with Crippen molar-refractivity contribution in [1.29, 1.82) is 0 Å². The lowest BCUT2D eigenvalue weighted by Crippen LogP contribution is -1.96. The van der Waals surface area contributed by atoms with Crippen molar-refractivity contribution in [2.75, 3.05) is 5.73 Å². The molecule has 0 aliphatic carbocycles. The van der Waals surface area contributed by atoms with E-state index in [1.165, 1.54) is 11.1 Å². The van der Waals surface area contributed by atoms with Crippen molar-refractivity contribution in [3.05, 3.63) is 65.5 Å². The van der Waals surface area contributed by atoms with Crippen LogP contribution in [0, 0.1) is 6.92 Å². The topological polar surface area (TPSA) is 64.9 Å². The zero-order valence-electron chi connectivity index (χ0n) is 11.9. The van der Waals surface area contributed by atoms with Gasteiger partial charge in [-0.2, -0.15) is 0 Å². The summed E-state index contributed by atoms with van der Waals surface area (Å²) in [4.78, 5) is 4.33. The predicted octanol–water partition coefficient (Wildman–Crippen LogP) is 3.41. The Kier molecular flexibility index (Phi) is 3.69. The Labute approximate surface area is 123 Å². The maximum atomic E-state index is 5.89. The number of hydrogen-bond acceptors (Lipinski definition) is 4. The van der Waals surface area contributed by atoms with Gasteiger partial charge < -0.3 is 10.3 Å². The van der Waals surface area contributed by atoms with Crippen LogP contribution in [0.4, 0.5) is 5.88 Å². The van der Waals surface area contributed by atoms with Crippen molar-refractivity contribution in [3.63, 3.8) is 0 Å². The lowest BCUT2D eigenvalue weighted by Gasteiger charge is -2.03. The van der Waals surface area contributed by atoms with Gasteiger partial charge in [0.1, 0.15) is 0 Å². The molecule has 0 saturated heterocycles. The highest BCUT2D eigenvalue weighted by Gasteiger charge is 2.16. The summed E-state index contributed by atoms with van der Waals surface area (Å²) in [6, 6.07) is 14.2. The summed E-state index contributed by atoms with van der Waals surface area (Å²) in [5, 5.41) is 4.08. The van der Waals surface area contributed by atoms with Crippen LogP contribution in [-0.4, -0.2) is 10.1 Å². The highest BCUT2D eigenvalue weighted by atomic mass is 16.5. The summed E-state index contributed by atoms with van der Waals surface area (Å²) < 4.78 is 5.15. The van der Waals surface area contributed by atoms with E-state index in [1.54, 1.807) is 6.20 Å². The molecule has 21 heavy (non-hydrogen) atoms. The molecular formula is C17H17N3O. The molecule has 0 spiro atoms. The highest BCUT2D eigenvalue weighted by molar-refractivity contribution is 5.72. The Hall–Kier alpha value is -2.62. The van der Waals surface area contributed by atoms with Crippen molar-refractivity contribution in [2.45, 2.75) is 19.8 Å². The number of nitrogens with zero attached hydrogens (tertiary/aromatic N) is 2. The van der Waals surface area contributed by atoms with Crippen LogP contribution in [0.1, 0.15) is 16.8 Å². The number of aryl methyl sites for hydroxylation is 3. The number of hydrogen-bond donors (Lipinski definition) is 1. The van der Waals surface area contributed by atoms with E-state index in [4.69, 9.17) is 10.3 Å². The van der Waals surface area contributed by atoms with E-state index in [-0.39, 0.29) is 0 Å². The van der Waals surface area contributed by atoms with Crippen LogP contribution < -0.4 is 5.73 Å². The largest absolute Gasteiger partial charge is 0.367 e. The van der Waals surface area contributed by atoms with Crippen LogP contribution in [0.25, 0.3) is 11.3 Å². The number of rotatable bonds is 4. The van der Waals surface area contributed by atoms with E-state index in [9.17, 15) is 0 Å². The molecule has 4 heteroatoms. The lowest BCUT2D eigenvalue weighted by molar-refractivity contribution is 0.427. The molecule has 2 heterocycles. The second kappa shape index (κ2) is 5.79. The van der Waals surface area contributed by atoms with Crippen LogP contribution >= 0.6 is 0 Å². The smallest absolute Gasteiger partial charge is 0.231 e. The van der Waals surface area contributed by atoms with Gasteiger partial charge in [0.25, 0.3) is 0 Å². The monoisotopic (exact) mass is 279 g/mol. The first-order valence-corrected chi connectivity index (χ1v) is 6.95. The number of nitrogen functional groups attached to an aromatic ring is 1. The first-order valence-electron chi connectivity index (χ1n) is 6.95. The molecule has 1 aromatic carbocycles. The van der Waals surface area contributed by atoms with Crippen molar-refractivity contribution < 1.29 is 4.52 Å². The number of pyridine rings is 1. The molecular weight excluding hydrogens is 262 g/mol. The standard InChI is InChI=1S/C17H17N3O/c1-12-5-7-13(8-6-12)9-10-15-16(17(18)21-20-15)14-4-2-3-11-19-14/h2-8,11H,9-10,18H2,1H3. The third-order valence-electron chi connectivity index (χ3n) is 3.48. The van der Waals surface area contributed by atoms with Gasteiger partial charge in [0.15, 0.2) is 0 Å². The lowest BCUT2D eigenvalue weighted by atomic mass is 10.0. The second-order valence-electron chi connectivity index (χ2n) is 5.07. The van der Waals surface area contributed by atoms with Gasteiger partial charge in [0, 0.05) is 6.20 Å². The molecule has 0 saturated carbocycles. The molecule has 0 aliphatic rings. The normalized spacial score (nSPS) is 10.7. The molecule has 2 N–H and O–H groups in total. The quantitative estimate of drug-likeness (QED) is 0.794. The van der Waals surface area contributed by atoms with Gasteiger partial charge in [0.2, 0.25) is 5.88 Å². The zero-order valence-corrected chi connectivity index (χ0v) is 11.9. The molecule has 106 valence electrons. The maximum Gasteiger partial charge on any atom is 0.231 e. The van der Waals surface area contributed by atoms with Gasteiger partial charge in [0.05, 0.1) is 17.0 Å². The molecule has 0 atom stereocenters. The molecule has 0 radical (unpaired) electrons. The Balaban J connectivity index is 1.82. The van der Waals surface area contributed by atoms with E-state index < -0.39 is 0 Å². The summed E-state index contributed by atoms with van der Waals surface area (Å²) in [6.45, 7) is 2.08. The fraction of sp³-hybridized carbons (Fsp3) is 0.176. The SMILES string of the molecule is Cc1ccc(CCc2noc(N)c2-c2ccccn2)cc1. The Bertz CT molecular complexity index is 718. The van der Waals surface area contributed by atoms with Gasteiger partial charge in [-0.15, -0.1) is 0 Å². The van der Waals surface area contributed by atoms with E-state index in [1.807, 2.05) is 18.2 Å². The molecule has 0 amide bonds. The van der Waals surface area contributed by atoms with E-state index in [2.05, 4.69) is 41.3 Å². The molecule has 0 fully saturated rings. The Morgan fingerprint density at radius 1 is 1.05 bits per heavy atom. The summed E-state index contributed by atoms with van der Waals surface area (Å²) in [6.07, 6.45) is 3.41. The van der Waals surface area contributed by atoms with Crippen LogP contribution in [0.2, 0.25) is 0 Å². The highest BCUT2D eigenvalue weighted by Crippen LogP contribution is 2.28. The number of nitrogens with two attached hydrogens (primary N) is 1. The summed E-state index contributed by atoms with van der Waals surface area (Å²) in [5.41, 5.74) is 10.9. The third-order valence-corrected chi connectivity index (χ3v) is 3.48. The summed E-state index contributed by atoms with van der Waals surface area (Å²) in [7, 11) is 0. The van der Waals surface area contributed by atoms with E-state index in [0.717, 1.165) is 29.8 Å². The van der Waals surface area contributed by atoms with Gasteiger partial charge in [-0.1, -0.05) is 41.1 Å². The van der Waals surface area contributed by atoms with Crippen molar-refractivity contribution in [2.24, 2.45) is 0 Å². The van der Waals surface area contributed by atoms with Crippen molar-refractivity contribution in [3.8, 4) is 11.3 Å². The molecule has 2 aromatic heterocycles. The molecule has 4 nitrogen and oxygen atoms in total. The first-order chi connectivity index (χ1) is 10.2. The summed E-state index contributed by atoms with van der Waals surface area (Å²) >= 11 is 0. The average molecular weight is 279 g/mol. The molecule has 0 unspecified atom stereocenters. The van der Waals surface area contributed by atoms with Crippen molar-refractivity contribution >= 4 is 5.88 Å². The van der Waals surface area contributed by atoms with Gasteiger partial charge in [-0.3, -0.25) is 4.98 Å². The minimum absolute atomic E-state index is 0.326. The number of anilines is 1. The maximum absolute atomic E-state index is 5.89. The van der Waals surface area contributed by atoms with E-state index >= 15 is 0 Å². The fourth-order valence-electron chi connectivity index (χ4n) is 2.31. The minimum atomic E-state index is 0.326. The van der Waals surface area contributed by atoms with Gasteiger partial charge in [-0.25, -0.2) is 0 Å². The van der Waals surface area contributed by atoms with Crippen LogP contribution in [0.3, 0.4) is 0 Å². The molecule has 0 aliphatic heterocycles. The number of benzene rings is 1. The Morgan fingerprint density at radius 2 is 1.86 bits per heavy atom. The predicted molar refractivity (Wildman–Crippen MR) is 82.7 cm³/mol. The molecule has 0 bridgehead atoms. The van der Waals surface area contributed by atoms with Crippen LogP contribution in [-0.2, 0) is 12.8 Å². The van der Waals surface area contributed by atoms with E-state index in [0.29, 0.717) is 5.88 Å². The van der Waals surface area contributed by atoms with Gasteiger partial charge >= 0.3 is 0 Å². The minimum Gasteiger partial charge on any atom is -0.367 e. The number of aromatic nitrogens is 2. The fourth-order valence-corrected chi connectivity index (χ4v) is 2.31.